The molecule has 0 saturated heterocycles. The van der Waals surface area contributed by atoms with E-state index >= 15 is 0 Å². The van der Waals surface area contributed by atoms with Crippen LogP contribution in [0.1, 0.15) is 0 Å². The van der Waals surface area contributed by atoms with Crippen molar-refractivity contribution in [3.05, 3.63) is 24.5 Å². The molecular formula is C6H5N3S. The van der Waals surface area contributed by atoms with Gasteiger partial charge in [-0.3, -0.25) is 0 Å². The lowest BCUT2D eigenvalue weighted by Crippen LogP contribution is -1.84. The molecule has 0 aliphatic carbocycles. The number of rotatable bonds is 0. The summed E-state index contributed by atoms with van der Waals surface area (Å²) in [4.78, 5) is 0.926. The summed E-state index contributed by atoms with van der Waals surface area (Å²) < 4.78 is 1.69. The molecule has 0 fully saturated rings. The van der Waals surface area contributed by atoms with Gasteiger partial charge in [0.2, 0.25) is 0 Å². The van der Waals surface area contributed by atoms with Gasteiger partial charge in [0.05, 0.1) is 11.7 Å². The third kappa shape index (κ3) is 0.769. The van der Waals surface area contributed by atoms with Crippen molar-refractivity contribution in [1.82, 2.24) is 14.8 Å². The van der Waals surface area contributed by atoms with Gasteiger partial charge in [-0.1, -0.05) is 5.21 Å². The average molecular weight is 151 g/mol. The number of nitrogens with zero attached hydrogens (tertiary/aromatic N) is 3. The van der Waals surface area contributed by atoms with Crippen molar-refractivity contribution in [2.24, 2.45) is 0 Å². The first-order chi connectivity index (χ1) is 4.86. The van der Waals surface area contributed by atoms with Gasteiger partial charge in [0.25, 0.3) is 0 Å². The summed E-state index contributed by atoms with van der Waals surface area (Å²) in [6.07, 6.45) is 3.52. The molecule has 50 valence electrons. The minimum absolute atomic E-state index is 0.926. The molecule has 0 radical (unpaired) electrons. The number of thiol groups is 1. The molecule has 0 spiro atoms. The fourth-order valence-electron chi connectivity index (χ4n) is 0.817. The van der Waals surface area contributed by atoms with E-state index < -0.39 is 0 Å². The van der Waals surface area contributed by atoms with Crippen LogP contribution in [-0.4, -0.2) is 14.8 Å². The Balaban J connectivity index is 2.86. The predicted octanol–water partition coefficient (Wildman–Crippen LogP) is 1.02. The molecular weight excluding hydrogens is 146 g/mol. The van der Waals surface area contributed by atoms with Gasteiger partial charge in [-0.25, -0.2) is 4.52 Å². The quantitative estimate of drug-likeness (QED) is 0.570. The molecule has 3 nitrogen and oxygen atoms in total. The van der Waals surface area contributed by atoms with Crippen molar-refractivity contribution in [2.45, 2.75) is 4.90 Å². The van der Waals surface area contributed by atoms with Crippen LogP contribution in [0.2, 0.25) is 0 Å². The lowest BCUT2D eigenvalue weighted by Gasteiger charge is -1.90. The second-order valence-corrected chi connectivity index (χ2v) is 2.50. The van der Waals surface area contributed by atoms with E-state index in [2.05, 4.69) is 22.9 Å². The van der Waals surface area contributed by atoms with Gasteiger partial charge in [-0.15, -0.1) is 17.7 Å². The average Bonchev–Trinajstić information content (AvgIpc) is 2.33. The third-order valence-electron chi connectivity index (χ3n) is 1.28. The van der Waals surface area contributed by atoms with Crippen molar-refractivity contribution in [2.75, 3.05) is 0 Å². The summed E-state index contributed by atoms with van der Waals surface area (Å²) in [5.74, 6) is 0. The zero-order valence-corrected chi connectivity index (χ0v) is 5.99. The summed E-state index contributed by atoms with van der Waals surface area (Å²) in [5.41, 5.74) is 0.965. The molecule has 0 amide bonds. The molecule has 0 N–H and O–H groups in total. The highest BCUT2D eigenvalue weighted by Gasteiger charge is 1.91. The lowest BCUT2D eigenvalue weighted by molar-refractivity contribution is 0.852. The molecule has 0 saturated carbocycles. The van der Waals surface area contributed by atoms with Gasteiger partial charge in [-0.05, 0) is 12.1 Å². The maximum atomic E-state index is 4.17. The van der Waals surface area contributed by atoms with Gasteiger partial charge in [0, 0.05) is 11.1 Å². The molecule has 0 aliphatic heterocycles. The number of pyridine rings is 1. The molecule has 0 atom stereocenters. The van der Waals surface area contributed by atoms with Gasteiger partial charge < -0.3 is 0 Å². The summed E-state index contributed by atoms with van der Waals surface area (Å²) in [6, 6.07) is 3.77. The van der Waals surface area contributed by atoms with E-state index in [1.165, 1.54) is 0 Å². The van der Waals surface area contributed by atoms with Crippen LogP contribution in [-0.2, 0) is 0 Å². The Bertz CT molecular complexity index is 355. The molecule has 0 bridgehead atoms. The zero-order valence-electron chi connectivity index (χ0n) is 5.10. The Kier molecular flexibility index (Phi) is 1.14. The Morgan fingerprint density at radius 1 is 1.50 bits per heavy atom. The van der Waals surface area contributed by atoms with Gasteiger partial charge >= 0.3 is 0 Å². The molecule has 0 unspecified atom stereocenters. The van der Waals surface area contributed by atoms with Crippen molar-refractivity contribution >= 4 is 18.1 Å². The molecule has 2 heterocycles. The van der Waals surface area contributed by atoms with E-state index in [1.54, 1.807) is 10.7 Å². The van der Waals surface area contributed by atoms with Crippen molar-refractivity contribution in [1.29, 1.82) is 0 Å². The highest BCUT2D eigenvalue weighted by atomic mass is 32.1. The summed E-state index contributed by atoms with van der Waals surface area (Å²) in [5, 5.41) is 7.51. The fraction of sp³-hybridized carbons (Fsp3) is 0. The summed E-state index contributed by atoms with van der Waals surface area (Å²) >= 11 is 4.17. The van der Waals surface area contributed by atoms with E-state index in [0.29, 0.717) is 0 Å². The maximum absolute atomic E-state index is 4.17. The van der Waals surface area contributed by atoms with Crippen LogP contribution in [0.5, 0.6) is 0 Å². The molecule has 0 aromatic carbocycles. The summed E-state index contributed by atoms with van der Waals surface area (Å²) in [7, 11) is 0. The Hall–Kier alpha value is -1.03. The molecule has 10 heavy (non-hydrogen) atoms. The number of hydrogen-bond donors (Lipinski definition) is 1. The van der Waals surface area contributed by atoms with E-state index in [1.807, 2.05) is 18.3 Å². The third-order valence-corrected chi connectivity index (χ3v) is 1.56. The lowest BCUT2D eigenvalue weighted by atomic mass is 10.4. The normalized spacial score (nSPS) is 10.5. The molecule has 4 heteroatoms. The van der Waals surface area contributed by atoms with Crippen LogP contribution >= 0.6 is 12.6 Å². The molecule has 2 aromatic heterocycles. The second kappa shape index (κ2) is 1.98. The number of aromatic nitrogens is 3. The van der Waals surface area contributed by atoms with Crippen LogP contribution in [0.15, 0.2) is 29.4 Å². The monoisotopic (exact) mass is 151 g/mol. The second-order valence-electron chi connectivity index (χ2n) is 1.99. The van der Waals surface area contributed by atoms with E-state index in [0.717, 1.165) is 10.4 Å². The first kappa shape index (κ1) is 5.73. The fourth-order valence-corrected chi connectivity index (χ4v) is 1.02. The maximum Gasteiger partial charge on any atom is 0.0875 e. The van der Waals surface area contributed by atoms with Crippen LogP contribution in [0.3, 0.4) is 0 Å². The van der Waals surface area contributed by atoms with Crippen LogP contribution in [0.4, 0.5) is 0 Å². The number of hydrogen-bond acceptors (Lipinski definition) is 3. The molecule has 0 aliphatic rings. The minimum Gasteiger partial charge on any atom is -0.221 e. The van der Waals surface area contributed by atoms with Crippen molar-refractivity contribution in [3.8, 4) is 0 Å². The SMILES string of the molecule is Sc1ccn2nncc2c1. The minimum atomic E-state index is 0.926. The van der Waals surface area contributed by atoms with Crippen LogP contribution in [0, 0.1) is 0 Å². The van der Waals surface area contributed by atoms with E-state index in [4.69, 9.17) is 0 Å². The topological polar surface area (TPSA) is 30.2 Å². The highest BCUT2D eigenvalue weighted by Crippen LogP contribution is 2.07. The van der Waals surface area contributed by atoms with Crippen LogP contribution < -0.4 is 0 Å². The van der Waals surface area contributed by atoms with Gasteiger partial charge in [-0.2, -0.15) is 0 Å². The van der Waals surface area contributed by atoms with Crippen molar-refractivity contribution < 1.29 is 0 Å². The Morgan fingerprint density at radius 2 is 2.40 bits per heavy atom. The molecule has 2 rings (SSSR count). The van der Waals surface area contributed by atoms with Crippen molar-refractivity contribution in [3.63, 3.8) is 0 Å². The standard InChI is InChI=1S/C6H5N3S/c10-6-1-2-9-5(3-6)4-7-8-9/h1-4,10H. The zero-order chi connectivity index (χ0) is 6.97. The Labute approximate surface area is 63.1 Å². The Morgan fingerprint density at radius 3 is 3.30 bits per heavy atom. The molecule has 2 aromatic rings. The smallest absolute Gasteiger partial charge is 0.0875 e. The largest absolute Gasteiger partial charge is 0.221 e. The first-order valence-electron chi connectivity index (χ1n) is 2.85. The van der Waals surface area contributed by atoms with E-state index in [9.17, 15) is 0 Å². The summed E-state index contributed by atoms with van der Waals surface area (Å²) in [6.45, 7) is 0. The van der Waals surface area contributed by atoms with E-state index in [-0.39, 0.29) is 0 Å². The van der Waals surface area contributed by atoms with Crippen LogP contribution in [0.25, 0.3) is 5.52 Å². The first-order valence-corrected chi connectivity index (χ1v) is 3.30. The predicted molar refractivity (Wildman–Crippen MR) is 40.2 cm³/mol. The highest BCUT2D eigenvalue weighted by molar-refractivity contribution is 7.80. The van der Waals surface area contributed by atoms with Gasteiger partial charge in [0.1, 0.15) is 0 Å². The number of fused-ring (bicyclic) bond motifs is 1. The van der Waals surface area contributed by atoms with Gasteiger partial charge in [0.15, 0.2) is 0 Å².